The molecular formula is C21H22ClN3O7S. The van der Waals surface area contributed by atoms with Gasteiger partial charge in [-0.3, -0.25) is 14.8 Å². The number of aromatic nitrogens is 1. The Morgan fingerprint density at radius 3 is 2.36 bits per heavy atom. The van der Waals surface area contributed by atoms with Gasteiger partial charge in [-0.1, -0.05) is 22.8 Å². The number of ether oxygens (including phenoxy) is 3. The van der Waals surface area contributed by atoms with Gasteiger partial charge >= 0.3 is 0 Å². The van der Waals surface area contributed by atoms with E-state index < -0.39 is 10.0 Å². The second-order valence-electron chi connectivity index (χ2n) is 6.81. The highest BCUT2D eigenvalue weighted by Crippen LogP contribution is 2.40. The second-order valence-corrected chi connectivity index (χ2v) is 8.87. The van der Waals surface area contributed by atoms with Gasteiger partial charge in [-0.25, -0.2) is 8.42 Å². The maximum absolute atomic E-state index is 13.4. The minimum atomic E-state index is -4.21. The number of rotatable bonds is 8. The van der Waals surface area contributed by atoms with Crippen molar-refractivity contribution in [2.24, 2.45) is 0 Å². The van der Waals surface area contributed by atoms with Gasteiger partial charge in [-0.05, 0) is 24.6 Å². The second kappa shape index (κ2) is 9.59. The van der Waals surface area contributed by atoms with Gasteiger partial charge in [0.25, 0.3) is 10.0 Å². The molecule has 1 aromatic heterocycles. The number of carbonyl (C=O) groups excluding carboxylic acids is 1. The van der Waals surface area contributed by atoms with Crippen LogP contribution < -0.4 is 24.2 Å². The Hall–Kier alpha value is -3.44. The van der Waals surface area contributed by atoms with Gasteiger partial charge in [0.15, 0.2) is 0 Å². The average molecular weight is 496 g/mol. The van der Waals surface area contributed by atoms with Crippen LogP contribution in [0.3, 0.4) is 0 Å². The molecule has 10 nitrogen and oxygen atoms in total. The largest absolute Gasteiger partial charge is 0.497 e. The van der Waals surface area contributed by atoms with Gasteiger partial charge in [-0.15, -0.1) is 0 Å². The molecule has 176 valence electrons. The summed E-state index contributed by atoms with van der Waals surface area (Å²) < 4.78 is 50.1. The van der Waals surface area contributed by atoms with E-state index in [2.05, 4.69) is 15.2 Å². The number of methoxy groups -OCH3 is 3. The van der Waals surface area contributed by atoms with E-state index in [1.54, 1.807) is 13.0 Å². The van der Waals surface area contributed by atoms with Crippen molar-refractivity contribution in [1.82, 2.24) is 5.16 Å². The molecule has 0 radical (unpaired) electrons. The molecule has 1 amide bonds. The molecule has 0 fully saturated rings. The number of aryl methyl sites for hydroxylation is 1. The van der Waals surface area contributed by atoms with Crippen molar-refractivity contribution in [2.45, 2.75) is 18.7 Å². The molecule has 0 unspecified atom stereocenters. The first-order chi connectivity index (χ1) is 15.6. The molecule has 0 aliphatic carbocycles. The Morgan fingerprint density at radius 2 is 1.76 bits per heavy atom. The van der Waals surface area contributed by atoms with Crippen LogP contribution in [0.1, 0.15) is 12.6 Å². The van der Waals surface area contributed by atoms with E-state index >= 15 is 0 Å². The number of anilines is 2. The Morgan fingerprint density at radius 1 is 1.06 bits per heavy atom. The van der Waals surface area contributed by atoms with Gasteiger partial charge in [0, 0.05) is 19.1 Å². The molecule has 0 atom stereocenters. The van der Waals surface area contributed by atoms with Gasteiger partial charge in [0.2, 0.25) is 11.8 Å². The van der Waals surface area contributed by atoms with E-state index in [4.69, 9.17) is 30.3 Å². The molecule has 0 saturated heterocycles. The fourth-order valence-corrected chi connectivity index (χ4v) is 4.71. The molecule has 12 heteroatoms. The van der Waals surface area contributed by atoms with Crippen LogP contribution in [-0.4, -0.2) is 40.8 Å². The first-order valence-electron chi connectivity index (χ1n) is 9.47. The summed E-state index contributed by atoms with van der Waals surface area (Å²) in [6, 6.07) is 7.45. The van der Waals surface area contributed by atoms with Gasteiger partial charge < -0.3 is 18.7 Å². The monoisotopic (exact) mass is 495 g/mol. The van der Waals surface area contributed by atoms with E-state index in [1.165, 1.54) is 52.5 Å². The first-order valence-corrected chi connectivity index (χ1v) is 11.3. The topological polar surface area (TPSA) is 129 Å². The van der Waals surface area contributed by atoms with Crippen LogP contribution in [0.5, 0.6) is 17.2 Å². The SMILES string of the molecule is COc1cc(Cl)c(NS(=O)(=O)c2cc(-c3c(C)noc3NC(C)=O)ccc2OC)c(OC)c1. The van der Waals surface area contributed by atoms with Crippen LogP contribution in [0.25, 0.3) is 11.1 Å². The van der Waals surface area contributed by atoms with Crippen molar-refractivity contribution in [3.8, 4) is 28.4 Å². The highest BCUT2D eigenvalue weighted by atomic mass is 35.5. The number of nitrogens with one attached hydrogen (secondary N) is 2. The molecule has 33 heavy (non-hydrogen) atoms. The predicted octanol–water partition coefficient (Wildman–Crippen LogP) is 4.09. The van der Waals surface area contributed by atoms with E-state index in [0.717, 1.165) is 0 Å². The zero-order valence-electron chi connectivity index (χ0n) is 18.5. The van der Waals surface area contributed by atoms with Crippen molar-refractivity contribution in [2.75, 3.05) is 31.4 Å². The van der Waals surface area contributed by atoms with E-state index in [0.29, 0.717) is 22.6 Å². The van der Waals surface area contributed by atoms with Crippen molar-refractivity contribution < 1.29 is 31.9 Å². The molecule has 0 saturated carbocycles. The summed E-state index contributed by atoms with van der Waals surface area (Å²) >= 11 is 6.28. The number of hydrogen-bond acceptors (Lipinski definition) is 8. The van der Waals surface area contributed by atoms with Crippen LogP contribution in [-0.2, 0) is 14.8 Å². The lowest BCUT2D eigenvalue weighted by atomic mass is 10.1. The summed E-state index contributed by atoms with van der Waals surface area (Å²) in [7, 11) is -0.0332. The molecule has 0 spiro atoms. The van der Waals surface area contributed by atoms with E-state index in [-0.39, 0.29) is 38.9 Å². The average Bonchev–Trinajstić information content (AvgIpc) is 3.13. The zero-order valence-corrected chi connectivity index (χ0v) is 20.1. The van der Waals surface area contributed by atoms with Crippen LogP contribution >= 0.6 is 11.6 Å². The van der Waals surface area contributed by atoms with Crippen LogP contribution in [0, 0.1) is 6.92 Å². The molecule has 3 aromatic rings. The van der Waals surface area contributed by atoms with Gasteiger partial charge in [0.05, 0.1) is 37.6 Å². The minimum Gasteiger partial charge on any atom is -0.497 e. The number of carbonyl (C=O) groups is 1. The summed E-state index contributed by atoms with van der Waals surface area (Å²) in [5.74, 6) is 0.386. The molecule has 1 heterocycles. The quantitative estimate of drug-likeness (QED) is 0.478. The number of amides is 1. The standard InChI is InChI=1S/C21H22ClN3O7S/c1-11-19(21(32-24-11)23-12(2)26)13-6-7-16(30-4)18(8-13)33(27,28)25-20-15(22)9-14(29-3)10-17(20)31-5/h6-10,25H,1-5H3,(H,23,26). The zero-order chi connectivity index (χ0) is 24.3. The Bertz CT molecular complexity index is 1310. The molecule has 2 aromatic carbocycles. The molecule has 0 aliphatic rings. The maximum Gasteiger partial charge on any atom is 0.265 e. The lowest BCUT2D eigenvalue weighted by molar-refractivity contribution is -0.114. The number of hydrogen-bond donors (Lipinski definition) is 2. The van der Waals surface area contributed by atoms with Crippen LogP contribution in [0.15, 0.2) is 39.8 Å². The summed E-state index contributed by atoms with van der Waals surface area (Å²) in [4.78, 5) is 11.3. The van der Waals surface area contributed by atoms with E-state index in [1.807, 2.05) is 0 Å². The number of halogens is 1. The summed E-state index contributed by atoms with van der Waals surface area (Å²) in [5, 5.41) is 6.49. The Kier molecular flexibility index (Phi) is 7.04. The third-order valence-electron chi connectivity index (χ3n) is 4.61. The van der Waals surface area contributed by atoms with E-state index in [9.17, 15) is 13.2 Å². The number of nitrogens with zero attached hydrogens (tertiary/aromatic N) is 1. The molecule has 2 N–H and O–H groups in total. The maximum atomic E-state index is 13.4. The van der Waals surface area contributed by atoms with Crippen molar-refractivity contribution >= 4 is 39.1 Å². The molecule has 0 bridgehead atoms. The molecular weight excluding hydrogens is 474 g/mol. The summed E-state index contributed by atoms with van der Waals surface area (Å²) in [6.45, 7) is 2.99. The highest BCUT2D eigenvalue weighted by Gasteiger charge is 2.26. The van der Waals surface area contributed by atoms with Gasteiger partial charge in [-0.2, -0.15) is 0 Å². The fourth-order valence-electron chi connectivity index (χ4n) is 3.12. The molecule has 3 rings (SSSR count). The Labute approximate surface area is 195 Å². The normalized spacial score (nSPS) is 11.1. The molecule has 0 aliphatic heterocycles. The highest BCUT2D eigenvalue weighted by molar-refractivity contribution is 7.92. The van der Waals surface area contributed by atoms with Crippen molar-refractivity contribution in [3.05, 3.63) is 41.0 Å². The third kappa shape index (κ3) is 4.99. The summed E-state index contributed by atoms with van der Waals surface area (Å²) in [5.41, 5.74) is 1.36. The van der Waals surface area contributed by atoms with Crippen molar-refractivity contribution in [3.63, 3.8) is 0 Å². The smallest absolute Gasteiger partial charge is 0.265 e. The first kappa shape index (κ1) is 24.2. The Balaban J connectivity index is 2.12. The summed E-state index contributed by atoms with van der Waals surface area (Å²) in [6.07, 6.45) is 0. The van der Waals surface area contributed by atoms with Gasteiger partial charge in [0.1, 0.15) is 27.8 Å². The number of sulfonamides is 1. The number of benzene rings is 2. The minimum absolute atomic E-state index is 0.0347. The third-order valence-corrected chi connectivity index (χ3v) is 6.28. The van der Waals surface area contributed by atoms with Crippen LogP contribution in [0.2, 0.25) is 5.02 Å². The van der Waals surface area contributed by atoms with Crippen molar-refractivity contribution in [1.29, 1.82) is 0 Å². The predicted molar refractivity (Wildman–Crippen MR) is 123 cm³/mol. The lowest BCUT2D eigenvalue weighted by Gasteiger charge is -2.17. The fraction of sp³-hybridized carbons (Fsp3) is 0.238. The van der Waals surface area contributed by atoms with Crippen LogP contribution in [0.4, 0.5) is 11.6 Å². The lowest BCUT2D eigenvalue weighted by Crippen LogP contribution is -2.15.